The Bertz CT molecular complexity index is 2850. The Kier molecular flexibility index (Phi) is 21.7. The number of hydrogen-bond donors (Lipinski definition) is 0. The molecule has 13 heteroatoms. The molecular weight excluding hydrogens is 1040 g/mol. The fourth-order valence-corrected chi connectivity index (χ4v) is 11.1. The third-order valence-corrected chi connectivity index (χ3v) is 16.4. The van der Waals surface area contributed by atoms with E-state index >= 15 is 0 Å². The minimum absolute atomic E-state index is 0.109. The maximum Gasteiger partial charge on any atom is 0.142 e. The number of rotatable bonds is 27. The summed E-state index contributed by atoms with van der Waals surface area (Å²) in [7, 11) is 0. The van der Waals surface area contributed by atoms with Gasteiger partial charge in [0.2, 0.25) is 0 Å². The summed E-state index contributed by atoms with van der Waals surface area (Å²) in [5.74, 6) is 5.11. The molecule has 6 unspecified atom stereocenters. The van der Waals surface area contributed by atoms with E-state index in [9.17, 15) is 0 Å². The molecule has 0 radical (unpaired) electrons. The van der Waals surface area contributed by atoms with Crippen LogP contribution in [0.4, 0.5) is 0 Å². The minimum Gasteiger partial charge on any atom is -0.478 e. The van der Waals surface area contributed by atoms with E-state index in [-0.39, 0.29) is 28.8 Å². The van der Waals surface area contributed by atoms with Gasteiger partial charge in [0.05, 0.1) is 66.1 Å². The van der Waals surface area contributed by atoms with Gasteiger partial charge in [-0.05, 0) is 94.5 Å². The Morgan fingerprint density at radius 2 is 0.663 bits per heavy atom. The Balaban J connectivity index is 0.614. The van der Waals surface area contributed by atoms with E-state index in [2.05, 4.69) is 200 Å². The number of ether oxygens (including phenoxy) is 9. The molecule has 0 fully saturated rings. The normalized spacial score (nSPS) is 18.2. The molecule has 5 aromatic carbocycles. The lowest BCUT2D eigenvalue weighted by atomic mass is 9.86. The molecule has 0 bridgehead atoms. The number of hydrogen-bond acceptors (Lipinski definition) is 13. The Labute approximate surface area is 497 Å². The van der Waals surface area contributed by atoms with Gasteiger partial charge >= 0.3 is 0 Å². The van der Waals surface area contributed by atoms with Gasteiger partial charge < -0.3 is 42.6 Å². The molecule has 0 N–H and O–H groups in total. The lowest BCUT2D eigenvalue weighted by molar-refractivity contribution is -0.0209. The molecule has 6 atom stereocenters. The molecule has 13 nitrogen and oxygen atoms in total. The molecule has 0 saturated heterocycles. The molecule has 4 aliphatic rings. The highest BCUT2D eigenvalue weighted by atomic mass is 16.5. The Morgan fingerprint density at radius 1 is 0.361 bits per heavy atom. The molecule has 0 saturated carbocycles. The third-order valence-electron chi connectivity index (χ3n) is 16.4. The maximum absolute atomic E-state index is 6.30. The lowest BCUT2D eigenvalue weighted by Gasteiger charge is -2.34. The van der Waals surface area contributed by atoms with Crippen LogP contribution in [0, 0.1) is 23.7 Å². The van der Waals surface area contributed by atoms with Crippen LogP contribution in [-0.2, 0) is 73.8 Å². The van der Waals surface area contributed by atoms with Crippen molar-refractivity contribution >= 4 is 0 Å². The van der Waals surface area contributed by atoms with Gasteiger partial charge in [-0.3, -0.25) is 19.6 Å². The van der Waals surface area contributed by atoms with Gasteiger partial charge in [-0.1, -0.05) is 130 Å². The van der Waals surface area contributed by atoms with Crippen molar-refractivity contribution in [1.82, 2.24) is 19.6 Å². The van der Waals surface area contributed by atoms with Crippen molar-refractivity contribution in [2.75, 3.05) is 93.0 Å². The zero-order valence-electron chi connectivity index (χ0n) is 52.3. The van der Waals surface area contributed by atoms with E-state index in [1.165, 1.54) is 55.6 Å². The van der Waals surface area contributed by atoms with E-state index in [0.29, 0.717) is 111 Å². The molecular formula is C70H98N4O9. The van der Waals surface area contributed by atoms with Crippen molar-refractivity contribution in [2.45, 2.75) is 145 Å². The van der Waals surface area contributed by atoms with Gasteiger partial charge in [-0.2, -0.15) is 0 Å². The molecule has 0 aliphatic carbocycles. The molecule has 0 aromatic heterocycles. The van der Waals surface area contributed by atoms with Crippen LogP contribution in [0.3, 0.4) is 0 Å². The fourth-order valence-electron chi connectivity index (χ4n) is 11.1. The van der Waals surface area contributed by atoms with Crippen molar-refractivity contribution < 1.29 is 42.6 Å². The molecule has 4 heterocycles. The molecule has 9 rings (SSSR count). The second-order valence-corrected chi connectivity index (χ2v) is 27.0. The van der Waals surface area contributed by atoms with Crippen molar-refractivity contribution in [3.05, 3.63) is 142 Å². The minimum atomic E-state index is 0.109. The Morgan fingerprint density at radius 3 is 1.02 bits per heavy atom. The van der Waals surface area contributed by atoms with Crippen LogP contribution in [0.2, 0.25) is 0 Å². The molecule has 83 heavy (non-hydrogen) atoms. The highest BCUT2D eigenvalue weighted by molar-refractivity contribution is 5.68. The highest BCUT2D eigenvalue weighted by Crippen LogP contribution is 2.37. The maximum atomic E-state index is 6.30. The van der Waals surface area contributed by atoms with Crippen LogP contribution in [0.1, 0.15) is 128 Å². The zero-order valence-corrected chi connectivity index (χ0v) is 52.3. The van der Waals surface area contributed by atoms with E-state index in [1.807, 2.05) is 0 Å². The van der Waals surface area contributed by atoms with Gasteiger partial charge in [-0.15, -0.1) is 0 Å². The SMILES string of the molecule is CC(COCC(C)COCC(C)COCC(C)N1COc2ccc(C(C)(C)C)cc2C1)COCC(C)COCC(C)N1COc2ccc(-c3ccc4c(c3)CN(Cc3ccc(CN5COc6ccc(C(C)(C)C)cc6C5)cc3)CO4)cc2C1. The predicted molar refractivity (Wildman–Crippen MR) is 330 cm³/mol. The summed E-state index contributed by atoms with van der Waals surface area (Å²) < 4.78 is 55.5. The largest absolute Gasteiger partial charge is 0.478 e. The summed E-state index contributed by atoms with van der Waals surface area (Å²) in [5.41, 5.74) is 12.7. The predicted octanol–water partition coefficient (Wildman–Crippen LogP) is 13.1. The fraction of sp³-hybridized carbons (Fsp3) is 0.571. The quantitative estimate of drug-likeness (QED) is 0.0500. The average molecular weight is 1140 g/mol. The van der Waals surface area contributed by atoms with Crippen molar-refractivity contribution in [1.29, 1.82) is 0 Å². The first-order valence-electron chi connectivity index (χ1n) is 30.7. The summed E-state index contributed by atoms with van der Waals surface area (Å²) >= 11 is 0. The van der Waals surface area contributed by atoms with Gasteiger partial charge in [0.25, 0.3) is 0 Å². The second kappa shape index (κ2) is 28.9. The summed E-state index contributed by atoms with van der Waals surface area (Å²) in [6.07, 6.45) is 0. The summed E-state index contributed by atoms with van der Waals surface area (Å²) in [4.78, 5) is 9.43. The van der Waals surface area contributed by atoms with Gasteiger partial charge in [0.15, 0.2) is 0 Å². The first kappa shape index (κ1) is 62.5. The number of nitrogens with zero attached hydrogens (tertiary/aromatic N) is 4. The molecule has 4 aliphatic heterocycles. The zero-order chi connectivity index (χ0) is 58.7. The molecule has 5 aromatic rings. The van der Waals surface area contributed by atoms with Crippen LogP contribution >= 0.6 is 0 Å². The number of fused-ring (bicyclic) bond motifs is 4. The van der Waals surface area contributed by atoms with E-state index in [4.69, 9.17) is 42.6 Å². The highest BCUT2D eigenvalue weighted by Gasteiger charge is 2.27. The molecule has 452 valence electrons. The first-order chi connectivity index (χ1) is 39.8. The summed E-state index contributed by atoms with van der Waals surface area (Å²) in [6.45, 7) is 40.6. The van der Waals surface area contributed by atoms with E-state index < -0.39 is 0 Å². The van der Waals surface area contributed by atoms with E-state index in [0.717, 1.165) is 62.3 Å². The van der Waals surface area contributed by atoms with Crippen molar-refractivity contribution in [3.8, 4) is 34.1 Å². The molecule has 0 spiro atoms. The van der Waals surface area contributed by atoms with Gasteiger partial charge in [0, 0.05) is 97.3 Å². The van der Waals surface area contributed by atoms with Crippen LogP contribution in [0.5, 0.6) is 23.0 Å². The van der Waals surface area contributed by atoms with E-state index in [1.54, 1.807) is 0 Å². The van der Waals surface area contributed by atoms with Gasteiger partial charge in [-0.25, -0.2) is 0 Å². The van der Waals surface area contributed by atoms with Crippen molar-refractivity contribution in [3.63, 3.8) is 0 Å². The smallest absolute Gasteiger partial charge is 0.142 e. The average Bonchev–Trinajstić information content (AvgIpc) is 3.66. The standard InChI is InChI=1S/C70H98N4O9/c1-49(35-75-36-50(2)38-77-40-52(4)42-79-44-54(6)74-34-62-28-64(70(10,11)12)20-24-68(62)83-48-74)37-76-39-51(3)41-78-43-53(5)73-33-60-26-58(18-22-66(60)82-47-73)57-17-21-65-59(25-57)31-71(45-80-65)29-55-13-15-56(16-14-55)30-72-32-61-27-63(69(7,8)9)19-23-67(61)81-46-72/h13-28,49-54H,29-48H2,1-12H3. The van der Waals surface area contributed by atoms with Crippen LogP contribution in [0.25, 0.3) is 11.1 Å². The monoisotopic (exact) mass is 1140 g/mol. The van der Waals surface area contributed by atoms with Crippen LogP contribution < -0.4 is 18.9 Å². The number of benzene rings is 5. The second-order valence-electron chi connectivity index (χ2n) is 27.0. The third kappa shape index (κ3) is 18.0. The van der Waals surface area contributed by atoms with Gasteiger partial charge in [0.1, 0.15) is 49.9 Å². The topological polar surface area (TPSA) is 96.0 Å². The summed E-state index contributed by atoms with van der Waals surface area (Å²) in [6, 6.07) is 35.9. The first-order valence-corrected chi connectivity index (χ1v) is 30.7. The van der Waals surface area contributed by atoms with Crippen LogP contribution in [0.15, 0.2) is 97.1 Å². The molecule has 0 amide bonds. The summed E-state index contributed by atoms with van der Waals surface area (Å²) in [5, 5.41) is 0. The van der Waals surface area contributed by atoms with Crippen molar-refractivity contribution in [2.24, 2.45) is 23.7 Å². The van der Waals surface area contributed by atoms with Crippen LogP contribution in [-0.4, -0.2) is 125 Å². The Hall–Kier alpha value is -5.06. The lowest BCUT2D eigenvalue weighted by Crippen LogP contribution is -2.41.